The first kappa shape index (κ1) is 21.6. The highest BCUT2D eigenvalue weighted by Gasteiger charge is 2.32. The zero-order valence-corrected chi connectivity index (χ0v) is 18.4. The Kier molecular flexibility index (Phi) is 8.18. The highest BCUT2D eigenvalue weighted by Crippen LogP contribution is 2.46. The molecule has 2 aliphatic rings. The Balaban J connectivity index is 1.77. The predicted molar refractivity (Wildman–Crippen MR) is 119 cm³/mol. The lowest BCUT2D eigenvalue weighted by Gasteiger charge is -2.39. The van der Waals surface area contributed by atoms with E-state index in [0.29, 0.717) is 11.3 Å². The van der Waals surface area contributed by atoms with Gasteiger partial charge >= 0.3 is 0 Å². The number of hydrogen-bond donors (Lipinski definition) is 0. The van der Waals surface area contributed by atoms with Crippen molar-refractivity contribution in [2.24, 2.45) is 5.41 Å². The predicted octanol–water partition coefficient (Wildman–Crippen LogP) is 8.89. The van der Waals surface area contributed by atoms with Gasteiger partial charge in [0.1, 0.15) is 5.82 Å². The van der Waals surface area contributed by atoms with Crippen molar-refractivity contribution < 1.29 is 4.39 Å². The molecular weight excluding hydrogens is 343 g/mol. The van der Waals surface area contributed by atoms with Gasteiger partial charge in [-0.15, -0.1) is 0 Å². The van der Waals surface area contributed by atoms with Crippen LogP contribution in [-0.2, 0) is 6.42 Å². The Hall–Kier alpha value is -1.11. The fraction of sp³-hybridized carbons (Fsp3) is 0.704. The van der Waals surface area contributed by atoms with Crippen molar-refractivity contribution in [1.29, 1.82) is 0 Å². The van der Waals surface area contributed by atoms with E-state index < -0.39 is 0 Å². The second-order valence-corrected chi connectivity index (χ2v) is 9.56. The van der Waals surface area contributed by atoms with Gasteiger partial charge < -0.3 is 0 Å². The second-order valence-electron chi connectivity index (χ2n) is 9.56. The summed E-state index contributed by atoms with van der Waals surface area (Å²) in [7, 11) is 0. The lowest BCUT2D eigenvalue weighted by molar-refractivity contribution is 0.147. The molecule has 1 aromatic rings. The van der Waals surface area contributed by atoms with Crippen LogP contribution in [-0.4, -0.2) is 0 Å². The summed E-state index contributed by atoms with van der Waals surface area (Å²) in [5, 5.41) is 0. The smallest absolute Gasteiger partial charge is 0.126 e. The van der Waals surface area contributed by atoms with Crippen molar-refractivity contribution in [3.8, 4) is 0 Å². The SMILES string of the molecule is CCCC1(CCC(CC2=CCCCC2)c2ccc(CC)c(F)c2)CCCCC1. The Labute approximate surface area is 173 Å². The molecule has 1 heteroatoms. The van der Waals surface area contributed by atoms with Crippen LogP contribution in [0.5, 0.6) is 0 Å². The van der Waals surface area contributed by atoms with Crippen molar-refractivity contribution in [3.05, 3.63) is 46.8 Å². The molecule has 0 aliphatic heterocycles. The van der Waals surface area contributed by atoms with E-state index in [2.05, 4.69) is 19.1 Å². The number of rotatable bonds is 9. The standard InChI is InChI=1S/C27H41F/c1-3-16-27(17-9-6-10-18-27)19-15-25(20-22-11-7-5-8-12-22)24-14-13-23(4-2)26(28)21-24/h11,13-14,21,25H,3-10,12,15-20H2,1-2H3. The molecule has 0 nitrogen and oxygen atoms in total. The maximum absolute atomic E-state index is 14.6. The van der Waals surface area contributed by atoms with Crippen molar-refractivity contribution >= 4 is 0 Å². The molecule has 1 atom stereocenters. The van der Waals surface area contributed by atoms with E-state index in [1.807, 2.05) is 19.1 Å². The summed E-state index contributed by atoms with van der Waals surface area (Å²) in [6.45, 7) is 4.39. The van der Waals surface area contributed by atoms with Gasteiger partial charge in [-0.05, 0) is 99.2 Å². The fourth-order valence-corrected chi connectivity index (χ4v) is 5.83. The van der Waals surface area contributed by atoms with Gasteiger partial charge in [0.25, 0.3) is 0 Å². The monoisotopic (exact) mass is 384 g/mol. The molecule has 0 spiro atoms. The molecule has 0 bridgehead atoms. The highest BCUT2D eigenvalue weighted by atomic mass is 19.1. The Morgan fingerprint density at radius 2 is 1.82 bits per heavy atom. The van der Waals surface area contributed by atoms with Crippen molar-refractivity contribution in [2.45, 2.75) is 116 Å². The van der Waals surface area contributed by atoms with Crippen LogP contribution in [0, 0.1) is 11.2 Å². The van der Waals surface area contributed by atoms with Gasteiger partial charge in [-0.25, -0.2) is 4.39 Å². The Morgan fingerprint density at radius 1 is 1.00 bits per heavy atom. The molecular formula is C27H41F. The second kappa shape index (κ2) is 10.6. The molecule has 1 unspecified atom stereocenters. The largest absolute Gasteiger partial charge is 0.207 e. The van der Waals surface area contributed by atoms with Crippen LogP contribution in [0.4, 0.5) is 4.39 Å². The molecule has 2 aliphatic carbocycles. The average molecular weight is 385 g/mol. The molecule has 156 valence electrons. The molecule has 28 heavy (non-hydrogen) atoms. The Bertz CT molecular complexity index is 630. The van der Waals surface area contributed by atoms with E-state index in [4.69, 9.17) is 0 Å². The highest BCUT2D eigenvalue weighted by molar-refractivity contribution is 5.28. The van der Waals surface area contributed by atoms with Crippen LogP contribution in [0.3, 0.4) is 0 Å². The summed E-state index contributed by atoms with van der Waals surface area (Å²) in [5.74, 6) is 0.490. The number of halogens is 1. The zero-order valence-electron chi connectivity index (χ0n) is 18.4. The molecule has 0 N–H and O–H groups in total. The third kappa shape index (κ3) is 5.71. The lowest BCUT2D eigenvalue weighted by Crippen LogP contribution is -2.25. The fourth-order valence-electron chi connectivity index (χ4n) is 5.83. The van der Waals surface area contributed by atoms with Crippen LogP contribution in [0.25, 0.3) is 0 Å². The summed E-state index contributed by atoms with van der Waals surface area (Å²) in [6.07, 6.45) is 21.9. The molecule has 1 saturated carbocycles. The maximum Gasteiger partial charge on any atom is 0.126 e. The first-order valence-corrected chi connectivity index (χ1v) is 12.1. The van der Waals surface area contributed by atoms with Gasteiger partial charge in [0.2, 0.25) is 0 Å². The molecule has 0 saturated heterocycles. The number of allylic oxidation sites excluding steroid dienone is 2. The third-order valence-corrected chi connectivity index (χ3v) is 7.54. The van der Waals surface area contributed by atoms with E-state index in [1.54, 1.807) is 5.57 Å². The summed E-state index contributed by atoms with van der Waals surface area (Å²) in [6, 6.07) is 6.12. The van der Waals surface area contributed by atoms with E-state index in [9.17, 15) is 4.39 Å². The average Bonchev–Trinajstić information content (AvgIpc) is 2.73. The van der Waals surface area contributed by atoms with Crippen LogP contribution in [0.2, 0.25) is 0 Å². The van der Waals surface area contributed by atoms with Crippen LogP contribution < -0.4 is 0 Å². The van der Waals surface area contributed by atoms with Gasteiger partial charge in [0, 0.05) is 0 Å². The minimum atomic E-state index is 0.00330. The van der Waals surface area contributed by atoms with Crippen molar-refractivity contribution in [1.82, 2.24) is 0 Å². The molecule has 3 rings (SSSR count). The molecule has 1 fully saturated rings. The van der Waals surface area contributed by atoms with Gasteiger partial charge in [-0.3, -0.25) is 0 Å². The molecule has 0 radical (unpaired) electrons. The summed E-state index contributed by atoms with van der Waals surface area (Å²) < 4.78 is 14.6. The number of aryl methyl sites for hydroxylation is 1. The molecule has 1 aromatic carbocycles. The van der Waals surface area contributed by atoms with Crippen molar-refractivity contribution in [2.75, 3.05) is 0 Å². The zero-order chi connectivity index (χ0) is 19.8. The summed E-state index contributed by atoms with van der Waals surface area (Å²) in [5.41, 5.74) is 4.29. The third-order valence-electron chi connectivity index (χ3n) is 7.54. The van der Waals surface area contributed by atoms with Crippen molar-refractivity contribution in [3.63, 3.8) is 0 Å². The number of hydrogen-bond acceptors (Lipinski definition) is 0. The van der Waals surface area contributed by atoms with E-state index in [0.717, 1.165) is 18.4 Å². The minimum Gasteiger partial charge on any atom is -0.207 e. The maximum atomic E-state index is 14.6. The van der Waals surface area contributed by atoms with Crippen LogP contribution >= 0.6 is 0 Å². The molecule has 0 aromatic heterocycles. The van der Waals surface area contributed by atoms with Gasteiger partial charge in [-0.2, -0.15) is 0 Å². The van der Waals surface area contributed by atoms with E-state index in [-0.39, 0.29) is 5.82 Å². The molecule has 0 amide bonds. The quantitative estimate of drug-likeness (QED) is 0.373. The normalized spacial score (nSPS) is 20.6. The van der Waals surface area contributed by atoms with E-state index >= 15 is 0 Å². The lowest BCUT2D eigenvalue weighted by atomic mass is 9.67. The van der Waals surface area contributed by atoms with E-state index in [1.165, 1.54) is 89.0 Å². The van der Waals surface area contributed by atoms with Gasteiger partial charge in [-0.1, -0.05) is 63.3 Å². The first-order valence-electron chi connectivity index (χ1n) is 12.1. The number of benzene rings is 1. The van der Waals surface area contributed by atoms with Crippen LogP contribution in [0.1, 0.15) is 121 Å². The first-order chi connectivity index (χ1) is 13.7. The topological polar surface area (TPSA) is 0 Å². The minimum absolute atomic E-state index is 0.00330. The van der Waals surface area contributed by atoms with Gasteiger partial charge in [0.15, 0.2) is 0 Å². The molecule has 0 heterocycles. The Morgan fingerprint density at radius 3 is 2.46 bits per heavy atom. The van der Waals surface area contributed by atoms with Crippen LogP contribution in [0.15, 0.2) is 29.8 Å². The summed E-state index contributed by atoms with van der Waals surface area (Å²) in [4.78, 5) is 0. The summed E-state index contributed by atoms with van der Waals surface area (Å²) >= 11 is 0. The van der Waals surface area contributed by atoms with Gasteiger partial charge in [0.05, 0.1) is 0 Å².